The van der Waals surface area contributed by atoms with Crippen LogP contribution in [0.4, 0.5) is 0 Å². The molecule has 0 saturated heterocycles. The van der Waals surface area contributed by atoms with E-state index in [9.17, 15) is 0 Å². The molecule has 0 fully saturated rings. The molecule has 2 aromatic rings. The van der Waals surface area contributed by atoms with Crippen LogP contribution in [0.1, 0.15) is 35.9 Å². The van der Waals surface area contributed by atoms with Crippen molar-refractivity contribution in [1.82, 2.24) is 4.90 Å². The van der Waals surface area contributed by atoms with E-state index in [-0.39, 0.29) is 6.04 Å². The predicted octanol–water partition coefficient (Wildman–Crippen LogP) is 4.48. The van der Waals surface area contributed by atoms with Crippen molar-refractivity contribution in [2.24, 2.45) is 5.73 Å². The minimum atomic E-state index is 0.0340. The van der Waals surface area contributed by atoms with Crippen LogP contribution >= 0.6 is 22.9 Å². The van der Waals surface area contributed by atoms with Gasteiger partial charge in [0.15, 0.2) is 0 Å². The third kappa shape index (κ3) is 4.06. The fraction of sp³-hybridized carbons (Fsp3) is 0.375. The Morgan fingerprint density at radius 2 is 2.10 bits per heavy atom. The molecule has 0 aliphatic rings. The van der Waals surface area contributed by atoms with Crippen molar-refractivity contribution in [2.75, 3.05) is 13.6 Å². The number of nitrogens with zero attached hydrogens (tertiary/aromatic N) is 1. The molecule has 0 amide bonds. The van der Waals surface area contributed by atoms with E-state index in [1.54, 1.807) is 11.3 Å². The summed E-state index contributed by atoms with van der Waals surface area (Å²) < 4.78 is 0. The number of nitrogens with two attached hydrogens (primary N) is 1. The topological polar surface area (TPSA) is 29.3 Å². The van der Waals surface area contributed by atoms with Gasteiger partial charge in [-0.05, 0) is 49.5 Å². The van der Waals surface area contributed by atoms with Gasteiger partial charge in [-0.1, -0.05) is 29.8 Å². The van der Waals surface area contributed by atoms with Crippen molar-refractivity contribution in [2.45, 2.75) is 25.4 Å². The Labute approximate surface area is 130 Å². The first-order valence-electron chi connectivity index (χ1n) is 6.82. The second kappa shape index (κ2) is 7.23. The Morgan fingerprint density at radius 1 is 1.30 bits per heavy atom. The van der Waals surface area contributed by atoms with E-state index < -0.39 is 0 Å². The average molecular weight is 309 g/mol. The van der Waals surface area contributed by atoms with E-state index in [4.69, 9.17) is 17.3 Å². The van der Waals surface area contributed by atoms with Gasteiger partial charge in [-0.2, -0.15) is 0 Å². The van der Waals surface area contributed by atoms with Crippen LogP contribution in [-0.4, -0.2) is 18.5 Å². The van der Waals surface area contributed by atoms with Gasteiger partial charge in [-0.15, -0.1) is 11.3 Å². The third-order valence-electron chi connectivity index (χ3n) is 3.69. The van der Waals surface area contributed by atoms with Crippen LogP contribution < -0.4 is 5.73 Å². The highest BCUT2D eigenvalue weighted by molar-refractivity contribution is 7.10. The minimum absolute atomic E-state index is 0.0340. The molecule has 0 radical (unpaired) electrons. The maximum atomic E-state index is 6.25. The van der Waals surface area contributed by atoms with Crippen molar-refractivity contribution in [3.8, 4) is 0 Å². The van der Waals surface area contributed by atoms with E-state index in [1.807, 2.05) is 24.3 Å². The summed E-state index contributed by atoms with van der Waals surface area (Å²) in [4.78, 5) is 3.74. The van der Waals surface area contributed by atoms with Crippen molar-refractivity contribution in [1.29, 1.82) is 0 Å². The summed E-state index contributed by atoms with van der Waals surface area (Å²) in [5.41, 5.74) is 7.35. The van der Waals surface area contributed by atoms with Crippen LogP contribution in [-0.2, 0) is 0 Å². The molecule has 2 N–H and O–H groups in total. The summed E-state index contributed by atoms with van der Waals surface area (Å²) in [6, 6.07) is 12.6. The predicted molar refractivity (Wildman–Crippen MR) is 88.4 cm³/mol. The molecule has 0 aliphatic heterocycles. The highest BCUT2D eigenvalue weighted by Gasteiger charge is 2.14. The number of halogens is 1. The summed E-state index contributed by atoms with van der Waals surface area (Å²) >= 11 is 7.81. The third-order valence-corrected chi connectivity index (χ3v) is 4.96. The molecule has 2 rings (SSSR count). The van der Waals surface area contributed by atoms with Gasteiger partial charge in [0.2, 0.25) is 0 Å². The van der Waals surface area contributed by atoms with Gasteiger partial charge in [0, 0.05) is 28.5 Å². The molecular weight excluding hydrogens is 288 g/mol. The zero-order valence-electron chi connectivity index (χ0n) is 11.9. The maximum Gasteiger partial charge on any atom is 0.0410 e. The normalized spacial score (nSPS) is 14.4. The molecule has 0 spiro atoms. The van der Waals surface area contributed by atoms with E-state index in [2.05, 4.69) is 36.4 Å². The van der Waals surface area contributed by atoms with Crippen LogP contribution in [0.2, 0.25) is 5.02 Å². The number of hydrogen-bond donors (Lipinski definition) is 1. The molecule has 1 heterocycles. The fourth-order valence-corrected chi connectivity index (χ4v) is 3.23. The first-order valence-corrected chi connectivity index (χ1v) is 8.08. The van der Waals surface area contributed by atoms with Crippen molar-refractivity contribution < 1.29 is 0 Å². The SMILES string of the molecule is CC(c1cccs1)N(C)CCC(N)c1cccc(Cl)c1. The molecule has 0 aliphatic carbocycles. The van der Waals surface area contributed by atoms with E-state index in [1.165, 1.54) is 4.88 Å². The Morgan fingerprint density at radius 3 is 2.75 bits per heavy atom. The highest BCUT2D eigenvalue weighted by atomic mass is 35.5. The van der Waals surface area contributed by atoms with E-state index >= 15 is 0 Å². The number of rotatable bonds is 6. The molecule has 2 nitrogen and oxygen atoms in total. The Bertz CT molecular complexity index is 527. The van der Waals surface area contributed by atoms with Crippen molar-refractivity contribution >= 4 is 22.9 Å². The molecule has 0 saturated carbocycles. The molecule has 1 aromatic heterocycles. The standard InChI is InChI=1S/C16H21ClN2S/c1-12(16-7-4-10-20-16)19(2)9-8-15(18)13-5-3-6-14(17)11-13/h3-7,10-12,15H,8-9,18H2,1-2H3. The van der Waals surface area contributed by atoms with Gasteiger partial charge in [-0.3, -0.25) is 4.90 Å². The lowest BCUT2D eigenvalue weighted by molar-refractivity contribution is 0.254. The van der Waals surface area contributed by atoms with Crippen molar-refractivity contribution in [3.63, 3.8) is 0 Å². The van der Waals surface area contributed by atoms with Gasteiger partial charge >= 0.3 is 0 Å². The highest BCUT2D eigenvalue weighted by Crippen LogP contribution is 2.25. The molecule has 2 unspecified atom stereocenters. The molecule has 0 bridgehead atoms. The summed E-state index contributed by atoms with van der Waals surface area (Å²) in [6.45, 7) is 3.20. The van der Waals surface area contributed by atoms with E-state index in [0.29, 0.717) is 6.04 Å². The lowest BCUT2D eigenvalue weighted by atomic mass is 10.0. The van der Waals surface area contributed by atoms with Gasteiger partial charge in [-0.25, -0.2) is 0 Å². The summed E-state index contributed by atoms with van der Waals surface area (Å²) in [6.07, 6.45) is 0.923. The smallest absolute Gasteiger partial charge is 0.0410 e. The Balaban J connectivity index is 1.88. The quantitative estimate of drug-likeness (QED) is 0.852. The Kier molecular flexibility index (Phi) is 5.61. The molecular formula is C16H21ClN2S. The molecule has 2 atom stereocenters. The minimum Gasteiger partial charge on any atom is -0.324 e. The lowest BCUT2D eigenvalue weighted by Crippen LogP contribution is -2.26. The summed E-state index contributed by atoms with van der Waals surface area (Å²) in [5, 5.41) is 2.87. The van der Waals surface area contributed by atoms with Crippen LogP contribution in [0.5, 0.6) is 0 Å². The zero-order chi connectivity index (χ0) is 14.5. The second-order valence-electron chi connectivity index (χ2n) is 5.12. The largest absolute Gasteiger partial charge is 0.324 e. The summed E-state index contributed by atoms with van der Waals surface area (Å²) in [5.74, 6) is 0. The zero-order valence-corrected chi connectivity index (χ0v) is 13.5. The van der Waals surface area contributed by atoms with Gasteiger partial charge in [0.25, 0.3) is 0 Å². The molecule has 4 heteroatoms. The first kappa shape index (κ1) is 15.5. The van der Waals surface area contributed by atoms with Crippen LogP contribution in [0, 0.1) is 0 Å². The van der Waals surface area contributed by atoms with Crippen LogP contribution in [0.15, 0.2) is 41.8 Å². The van der Waals surface area contributed by atoms with Gasteiger partial charge in [0.05, 0.1) is 0 Å². The first-order chi connectivity index (χ1) is 9.58. The number of thiophene rings is 1. The van der Waals surface area contributed by atoms with E-state index in [0.717, 1.165) is 23.6 Å². The summed E-state index contributed by atoms with van der Waals surface area (Å²) in [7, 11) is 2.15. The Hall–Kier alpha value is -0.870. The van der Waals surface area contributed by atoms with Gasteiger partial charge in [0.1, 0.15) is 0 Å². The number of benzene rings is 1. The molecule has 20 heavy (non-hydrogen) atoms. The number of hydrogen-bond acceptors (Lipinski definition) is 3. The molecule has 1 aromatic carbocycles. The van der Waals surface area contributed by atoms with Crippen LogP contribution in [0.3, 0.4) is 0 Å². The van der Waals surface area contributed by atoms with Gasteiger partial charge < -0.3 is 5.73 Å². The fourth-order valence-electron chi connectivity index (χ4n) is 2.19. The van der Waals surface area contributed by atoms with Crippen molar-refractivity contribution in [3.05, 3.63) is 57.2 Å². The van der Waals surface area contributed by atoms with Crippen LogP contribution in [0.25, 0.3) is 0 Å². The lowest BCUT2D eigenvalue weighted by Gasteiger charge is -2.25. The molecule has 108 valence electrons. The maximum absolute atomic E-state index is 6.25. The average Bonchev–Trinajstić information content (AvgIpc) is 2.97. The second-order valence-corrected chi connectivity index (χ2v) is 6.54. The monoisotopic (exact) mass is 308 g/mol.